The maximum Gasteiger partial charge on any atom is 0.169 e. The number of hydrogen-bond donors (Lipinski definition) is 0. The minimum atomic E-state index is -0.225. The molecular weight excluding hydrogens is 313 g/mol. The van der Waals surface area contributed by atoms with Gasteiger partial charge in [-0.3, -0.25) is 4.90 Å². The largest absolute Gasteiger partial charge is 0.291 e. The molecule has 0 spiro atoms. The molecule has 0 bridgehead atoms. The number of aromatic nitrogens is 4. The van der Waals surface area contributed by atoms with E-state index in [4.69, 9.17) is 0 Å². The van der Waals surface area contributed by atoms with E-state index < -0.39 is 0 Å². The maximum absolute atomic E-state index is 13.1. The molecule has 0 radical (unpaired) electrons. The summed E-state index contributed by atoms with van der Waals surface area (Å²) < 4.78 is 14.9. The van der Waals surface area contributed by atoms with E-state index in [2.05, 4.69) is 34.3 Å². The number of benzene rings is 1. The molecule has 1 fully saturated rings. The van der Waals surface area contributed by atoms with Gasteiger partial charge in [0.15, 0.2) is 5.82 Å². The van der Waals surface area contributed by atoms with Gasteiger partial charge in [-0.2, -0.15) is 11.8 Å². The van der Waals surface area contributed by atoms with E-state index in [-0.39, 0.29) is 11.9 Å². The number of nitrogens with zero attached hydrogens (tertiary/aromatic N) is 5. The number of thioether (sulfide) groups is 1. The standard InChI is InChI=1S/C16H22FN5S/c1-12(2)15(21-7-9-23-10-8-21)16-18-19-20-22(16)11-13-3-5-14(17)6-4-13/h3-6,12,15H,7-11H2,1-2H3. The van der Waals surface area contributed by atoms with Gasteiger partial charge in [0, 0.05) is 24.6 Å². The van der Waals surface area contributed by atoms with Gasteiger partial charge in [-0.15, -0.1) is 5.10 Å². The molecule has 0 saturated carbocycles. The maximum atomic E-state index is 13.1. The fourth-order valence-corrected chi connectivity index (χ4v) is 3.97. The first-order valence-electron chi connectivity index (χ1n) is 7.97. The molecule has 3 rings (SSSR count). The second-order valence-corrected chi connectivity index (χ2v) is 7.38. The van der Waals surface area contributed by atoms with Crippen LogP contribution in [0.2, 0.25) is 0 Å². The van der Waals surface area contributed by atoms with Gasteiger partial charge in [0.2, 0.25) is 0 Å². The summed E-state index contributed by atoms with van der Waals surface area (Å²) in [6.07, 6.45) is 0. The quantitative estimate of drug-likeness (QED) is 0.840. The number of hydrogen-bond acceptors (Lipinski definition) is 5. The van der Waals surface area contributed by atoms with Crippen molar-refractivity contribution in [3.05, 3.63) is 41.5 Å². The van der Waals surface area contributed by atoms with E-state index in [1.165, 1.54) is 12.1 Å². The summed E-state index contributed by atoms with van der Waals surface area (Å²) in [6.45, 7) is 7.12. The highest BCUT2D eigenvalue weighted by molar-refractivity contribution is 7.99. The third kappa shape index (κ3) is 3.90. The average molecular weight is 335 g/mol. The van der Waals surface area contributed by atoms with Gasteiger partial charge < -0.3 is 0 Å². The van der Waals surface area contributed by atoms with E-state index in [0.717, 1.165) is 36.0 Å². The lowest BCUT2D eigenvalue weighted by atomic mass is 10.0. The smallest absolute Gasteiger partial charge is 0.169 e. The van der Waals surface area contributed by atoms with Crippen LogP contribution >= 0.6 is 11.8 Å². The van der Waals surface area contributed by atoms with Crippen LogP contribution in [0.5, 0.6) is 0 Å². The molecule has 124 valence electrons. The van der Waals surface area contributed by atoms with E-state index in [0.29, 0.717) is 12.5 Å². The lowest BCUT2D eigenvalue weighted by Crippen LogP contribution is -2.39. The van der Waals surface area contributed by atoms with Crippen LogP contribution in [-0.4, -0.2) is 49.7 Å². The first-order valence-corrected chi connectivity index (χ1v) is 9.13. The molecule has 7 heteroatoms. The Morgan fingerprint density at radius 3 is 2.52 bits per heavy atom. The van der Waals surface area contributed by atoms with E-state index in [1.807, 2.05) is 16.4 Å². The molecule has 1 unspecified atom stereocenters. The van der Waals surface area contributed by atoms with Gasteiger partial charge >= 0.3 is 0 Å². The molecule has 1 aliphatic rings. The topological polar surface area (TPSA) is 46.8 Å². The molecule has 2 aromatic rings. The van der Waals surface area contributed by atoms with Gasteiger partial charge in [0.25, 0.3) is 0 Å². The summed E-state index contributed by atoms with van der Waals surface area (Å²) >= 11 is 2.00. The Morgan fingerprint density at radius 2 is 1.87 bits per heavy atom. The monoisotopic (exact) mass is 335 g/mol. The summed E-state index contributed by atoms with van der Waals surface area (Å²) in [5.74, 6) is 3.41. The highest BCUT2D eigenvalue weighted by Crippen LogP contribution is 2.29. The third-order valence-electron chi connectivity index (χ3n) is 4.14. The predicted octanol–water partition coefficient (Wildman–Crippen LogP) is 2.61. The molecule has 1 aliphatic heterocycles. The molecule has 1 atom stereocenters. The second-order valence-electron chi connectivity index (χ2n) is 6.16. The van der Waals surface area contributed by atoms with Crippen LogP contribution in [0.25, 0.3) is 0 Å². The van der Waals surface area contributed by atoms with Gasteiger partial charge in [0.1, 0.15) is 5.82 Å². The van der Waals surface area contributed by atoms with E-state index in [1.54, 1.807) is 12.1 Å². The summed E-state index contributed by atoms with van der Waals surface area (Å²) in [5, 5.41) is 12.4. The average Bonchev–Trinajstić information content (AvgIpc) is 2.98. The van der Waals surface area contributed by atoms with Crippen molar-refractivity contribution < 1.29 is 4.39 Å². The zero-order chi connectivity index (χ0) is 16.2. The predicted molar refractivity (Wildman–Crippen MR) is 89.8 cm³/mol. The summed E-state index contributed by atoms with van der Waals surface area (Å²) in [6, 6.07) is 6.72. The molecule has 1 saturated heterocycles. The molecule has 2 heterocycles. The normalized spacial score (nSPS) is 17.6. The zero-order valence-corrected chi connectivity index (χ0v) is 14.3. The van der Waals surface area contributed by atoms with E-state index >= 15 is 0 Å². The second kappa shape index (κ2) is 7.40. The van der Waals surface area contributed by atoms with Crippen LogP contribution in [0.3, 0.4) is 0 Å². The third-order valence-corrected chi connectivity index (χ3v) is 5.08. The molecule has 0 amide bonds. The Labute approximate surface area is 140 Å². The Bertz CT molecular complexity index is 622. The van der Waals surface area contributed by atoms with Gasteiger partial charge in [-0.05, 0) is 34.0 Å². The SMILES string of the molecule is CC(C)C(c1nnnn1Cc1ccc(F)cc1)N1CCSCC1. The number of tetrazole rings is 1. The zero-order valence-electron chi connectivity index (χ0n) is 13.5. The lowest BCUT2D eigenvalue weighted by molar-refractivity contribution is 0.158. The Hall–Kier alpha value is -1.47. The highest BCUT2D eigenvalue weighted by atomic mass is 32.2. The Kier molecular flexibility index (Phi) is 5.27. The fraction of sp³-hybridized carbons (Fsp3) is 0.562. The highest BCUT2D eigenvalue weighted by Gasteiger charge is 2.29. The molecule has 0 aliphatic carbocycles. The van der Waals surface area contributed by atoms with Crippen LogP contribution < -0.4 is 0 Å². The minimum absolute atomic E-state index is 0.214. The van der Waals surface area contributed by atoms with Gasteiger partial charge in [-0.25, -0.2) is 9.07 Å². The van der Waals surface area contributed by atoms with Crippen LogP contribution in [0, 0.1) is 11.7 Å². The van der Waals surface area contributed by atoms with Crippen molar-refractivity contribution in [1.82, 2.24) is 25.1 Å². The minimum Gasteiger partial charge on any atom is -0.291 e. The number of halogens is 1. The van der Waals surface area contributed by atoms with Crippen molar-refractivity contribution in [3.63, 3.8) is 0 Å². The first-order chi connectivity index (χ1) is 11.1. The Balaban J connectivity index is 1.83. The molecule has 23 heavy (non-hydrogen) atoms. The van der Waals surface area contributed by atoms with Crippen LogP contribution in [0.15, 0.2) is 24.3 Å². The molecule has 1 aromatic carbocycles. The molecule has 0 N–H and O–H groups in total. The van der Waals surface area contributed by atoms with Crippen molar-refractivity contribution in [2.24, 2.45) is 5.92 Å². The number of rotatable bonds is 5. The molecular formula is C16H22FN5S. The summed E-state index contributed by atoms with van der Waals surface area (Å²) in [5.41, 5.74) is 0.997. The fourth-order valence-electron chi connectivity index (χ4n) is 3.04. The summed E-state index contributed by atoms with van der Waals surface area (Å²) in [7, 11) is 0. The van der Waals surface area contributed by atoms with Crippen molar-refractivity contribution in [1.29, 1.82) is 0 Å². The van der Waals surface area contributed by atoms with E-state index in [9.17, 15) is 4.39 Å². The van der Waals surface area contributed by atoms with Crippen LogP contribution in [0.4, 0.5) is 4.39 Å². The van der Waals surface area contributed by atoms with Gasteiger partial charge in [0.05, 0.1) is 12.6 Å². The summed E-state index contributed by atoms with van der Waals surface area (Å²) in [4.78, 5) is 2.48. The molecule has 5 nitrogen and oxygen atoms in total. The van der Waals surface area contributed by atoms with Crippen molar-refractivity contribution in [2.75, 3.05) is 24.6 Å². The van der Waals surface area contributed by atoms with Crippen molar-refractivity contribution in [2.45, 2.75) is 26.4 Å². The molecule has 1 aromatic heterocycles. The van der Waals surface area contributed by atoms with Gasteiger partial charge in [-0.1, -0.05) is 26.0 Å². The van der Waals surface area contributed by atoms with Crippen molar-refractivity contribution >= 4 is 11.8 Å². The van der Waals surface area contributed by atoms with Crippen LogP contribution in [-0.2, 0) is 6.54 Å². The Morgan fingerprint density at radius 1 is 1.17 bits per heavy atom. The lowest BCUT2D eigenvalue weighted by Gasteiger charge is -2.35. The van der Waals surface area contributed by atoms with Crippen molar-refractivity contribution in [3.8, 4) is 0 Å². The van der Waals surface area contributed by atoms with Crippen LogP contribution in [0.1, 0.15) is 31.3 Å². The first kappa shape index (κ1) is 16.4.